The third kappa shape index (κ3) is 5.28. The van der Waals surface area contributed by atoms with Crippen molar-refractivity contribution in [1.82, 2.24) is 0 Å². The second-order valence-corrected chi connectivity index (χ2v) is 8.79. The number of sulfonamides is 1. The molecule has 0 saturated carbocycles. The Morgan fingerprint density at radius 2 is 1.50 bits per heavy atom. The van der Waals surface area contributed by atoms with Crippen LogP contribution in [0, 0.1) is 0 Å². The van der Waals surface area contributed by atoms with Gasteiger partial charge in [0, 0.05) is 5.69 Å². The highest BCUT2D eigenvalue weighted by atomic mass is 32.2. The average molecular weight is 462 g/mol. The van der Waals surface area contributed by atoms with Crippen LogP contribution in [0.2, 0.25) is 0 Å². The van der Waals surface area contributed by atoms with Gasteiger partial charge in [0.25, 0.3) is 10.0 Å². The van der Waals surface area contributed by atoms with Gasteiger partial charge in [-0.05, 0) is 54.4 Å². The molecule has 0 radical (unpaired) electrons. The number of rotatable bonds is 7. The fourth-order valence-electron chi connectivity index (χ4n) is 3.15. The minimum absolute atomic E-state index is 0.0215. The highest BCUT2D eigenvalue weighted by Gasteiger charge is 2.31. The average Bonchev–Trinajstić information content (AvgIpc) is 2.77. The van der Waals surface area contributed by atoms with Crippen LogP contribution in [0.25, 0.3) is 0 Å². The van der Waals surface area contributed by atoms with Gasteiger partial charge < -0.3 is 5.32 Å². The summed E-state index contributed by atoms with van der Waals surface area (Å²) in [5.41, 5.74) is 0.375. The van der Waals surface area contributed by atoms with E-state index in [1.54, 1.807) is 42.5 Å². The van der Waals surface area contributed by atoms with Gasteiger partial charge in [-0.3, -0.25) is 9.10 Å². The van der Waals surface area contributed by atoms with Crippen LogP contribution in [0.1, 0.15) is 18.1 Å². The maximum atomic E-state index is 13.4. The summed E-state index contributed by atoms with van der Waals surface area (Å²) in [6.45, 7) is 1.32. The molecule has 32 heavy (non-hydrogen) atoms. The largest absolute Gasteiger partial charge is 0.416 e. The van der Waals surface area contributed by atoms with Gasteiger partial charge in [-0.25, -0.2) is 8.42 Å². The van der Waals surface area contributed by atoms with E-state index in [0.717, 1.165) is 34.1 Å². The van der Waals surface area contributed by atoms with Gasteiger partial charge in [0.05, 0.1) is 16.1 Å². The van der Waals surface area contributed by atoms with Crippen molar-refractivity contribution in [2.75, 3.05) is 16.2 Å². The Kier molecular flexibility index (Phi) is 6.88. The lowest BCUT2D eigenvalue weighted by molar-refractivity contribution is -0.137. The molecule has 9 heteroatoms. The molecule has 1 amide bonds. The number of aryl methyl sites for hydroxylation is 1. The first-order chi connectivity index (χ1) is 15.1. The Labute approximate surface area is 184 Å². The minimum Gasteiger partial charge on any atom is -0.325 e. The number of carbonyl (C=O) groups excluding carboxylic acids is 1. The molecule has 0 aromatic heterocycles. The molecule has 5 nitrogen and oxygen atoms in total. The van der Waals surface area contributed by atoms with Crippen molar-refractivity contribution in [1.29, 1.82) is 0 Å². The number of para-hydroxylation sites is 1. The van der Waals surface area contributed by atoms with Gasteiger partial charge in [-0.15, -0.1) is 0 Å². The monoisotopic (exact) mass is 462 g/mol. The van der Waals surface area contributed by atoms with Crippen molar-refractivity contribution in [2.45, 2.75) is 24.4 Å². The molecule has 0 fully saturated rings. The van der Waals surface area contributed by atoms with Gasteiger partial charge in [0.15, 0.2) is 0 Å². The Balaban J connectivity index is 1.92. The van der Waals surface area contributed by atoms with Gasteiger partial charge in [-0.2, -0.15) is 13.2 Å². The second-order valence-electron chi connectivity index (χ2n) is 6.93. The Bertz CT molecular complexity index is 1180. The third-order valence-electron chi connectivity index (χ3n) is 4.76. The number of nitrogens with one attached hydrogen (secondary N) is 1. The molecule has 0 unspecified atom stereocenters. The second kappa shape index (κ2) is 9.44. The Morgan fingerprint density at radius 1 is 0.906 bits per heavy atom. The van der Waals surface area contributed by atoms with E-state index >= 15 is 0 Å². The van der Waals surface area contributed by atoms with Crippen LogP contribution in [0.5, 0.6) is 0 Å². The first kappa shape index (κ1) is 23.3. The number of carbonyl (C=O) groups is 1. The normalized spacial score (nSPS) is 11.8. The number of anilines is 2. The predicted molar refractivity (Wildman–Crippen MR) is 117 cm³/mol. The molecule has 0 bridgehead atoms. The zero-order chi connectivity index (χ0) is 23.4. The third-order valence-corrected chi connectivity index (χ3v) is 6.53. The van der Waals surface area contributed by atoms with Crippen molar-refractivity contribution < 1.29 is 26.4 Å². The van der Waals surface area contributed by atoms with Crippen LogP contribution in [0.4, 0.5) is 24.5 Å². The molecule has 0 aliphatic rings. The van der Waals surface area contributed by atoms with Crippen LogP contribution in [-0.2, 0) is 27.4 Å². The summed E-state index contributed by atoms with van der Waals surface area (Å²) in [6.07, 6.45) is -3.95. The highest BCUT2D eigenvalue weighted by Crippen LogP contribution is 2.30. The SMILES string of the molecule is CCc1ccccc1N(CC(=O)Nc1ccc(C(F)(F)F)cc1)S(=O)(=O)c1ccccc1. The molecule has 168 valence electrons. The fraction of sp³-hybridized carbons (Fsp3) is 0.174. The molecule has 1 N–H and O–H groups in total. The van der Waals surface area contributed by atoms with Crippen molar-refractivity contribution in [3.63, 3.8) is 0 Å². The smallest absolute Gasteiger partial charge is 0.325 e. The van der Waals surface area contributed by atoms with Crippen molar-refractivity contribution in [2.24, 2.45) is 0 Å². The zero-order valence-electron chi connectivity index (χ0n) is 17.1. The van der Waals surface area contributed by atoms with E-state index < -0.39 is 34.2 Å². The summed E-state index contributed by atoms with van der Waals surface area (Å²) in [5, 5.41) is 2.47. The maximum Gasteiger partial charge on any atom is 0.416 e. The van der Waals surface area contributed by atoms with Gasteiger partial charge in [0.1, 0.15) is 6.54 Å². The summed E-state index contributed by atoms with van der Waals surface area (Å²) in [6, 6.07) is 18.5. The molecule has 0 aliphatic heterocycles. The van der Waals surface area contributed by atoms with Gasteiger partial charge in [-0.1, -0.05) is 43.3 Å². The quantitative estimate of drug-likeness (QED) is 0.531. The van der Waals surface area contributed by atoms with Crippen molar-refractivity contribution in [3.05, 3.63) is 90.0 Å². The van der Waals surface area contributed by atoms with Crippen molar-refractivity contribution >= 4 is 27.3 Å². The summed E-state index contributed by atoms with van der Waals surface area (Å²) >= 11 is 0. The molecular weight excluding hydrogens is 441 g/mol. The van der Waals surface area contributed by atoms with E-state index in [-0.39, 0.29) is 10.6 Å². The number of alkyl halides is 3. The number of halogens is 3. The Morgan fingerprint density at radius 3 is 2.09 bits per heavy atom. The van der Waals surface area contributed by atoms with Gasteiger partial charge >= 0.3 is 6.18 Å². The number of nitrogens with zero attached hydrogens (tertiary/aromatic N) is 1. The molecule has 0 atom stereocenters. The number of hydrogen-bond donors (Lipinski definition) is 1. The molecule has 0 spiro atoms. The van der Waals surface area contributed by atoms with Crippen LogP contribution in [-0.4, -0.2) is 20.9 Å². The lowest BCUT2D eigenvalue weighted by atomic mass is 10.1. The first-order valence-corrected chi connectivity index (χ1v) is 11.2. The molecule has 3 rings (SSSR count). The first-order valence-electron chi connectivity index (χ1n) is 9.75. The molecular formula is C23H21F3N2O3S. The van der Waals surface area contributed by atoms with Crippen LogP contribution >= 0.6 is 0 Å². The summed E-state index contributed by atoms with van der Waals surface area (Å²) in [5.74, 6) is -0.685. The topological polar surface area (TPSA) is 66.5 Å². The lowest BCUT2D eigenvalue weighted by Crippen LogP contribution is -2.38. The van der Waals surface area contributed by atoms with E-state index in [1.807, 2.05) is 6.92 Å². The molecule has 0 heterocycles. The molecule has 0 saturated heterocycles. The summed E-state index contributed by atoms with van der Waals surface area (Å²) in [4.78, 5) is 12.7. The minimum atomic E-state index is -4.49. The van der Waals surface area contributed by atoms with E-state index in [2.05, 4.69) is 5.32 Å². The van der Waals surface area contributed by atoms with E-state index in [4.69, 9.17) is 0 Å². The van der Waals surface area contributed by atoms with E-state index in [1.165, 1.54) is 12.1 Å². The number of benzene rings is 3. The van der Waals surface area contributed by atoms with E-state index in [0.29, 0.717) is 12.1 Å². The standard InChI is InChI=1S/C23H21F3N2O3S/c1-2-17-8-6-7-11-21(17)28(32(30,31)20-9-4-3-5-10-20)16-22(29)27-19-14-12-18(13-15-19)23(24,25)26/h3-15H,2,16H2,1H3,(H,27,29). The highest BCUT2D eigenvalue weighted by molar-refractivity contribution is 7.92. The predicted octanol–water partition coefficient (Wildman–Crippen LogP) is 5.10. The molecule has 0 aliphatic carbocycles. The van der Waals surface area contributed by atoms with Crippen LogP contribution in [0.3, 0.4) is 0 Å². The number of amides is 1. The van der Waals surface area contributed by atoms with E-state index in [9.17, 15) is 26.4 Å². The maximum absolute atomic E-state index is 13.4. The summed E-state index contributed by atoms with van der Waals surface area (Å²) < 4.78 is 66.0. The number of hydrogen-bond acceptors (Lipinski definition) is 3. The van der Waals surface area contributed by atoms with Crippen LogP contribution in [0.15, 0.2) is 83.8 Å². The molecule has 3 aromatic carbocycles. The van der Waals surface area contributed by atoms with Crippen LogP contribution < -0.4 is 9.62 Å². The summed E-state index contributed by atoms with van der Waals surface area (Å²) in [7, 11) is -4.08. The zero-order valence-corrected chi connectivity index (χ0v) is 18.0. The molecule has 3 aromatic rings. The van der Waals surface area contributed by atoms with Gasteiger partial charge in [0.2, 0.25) is 5.91 Å². The fourth-order valence-corrected chi connectivity index (χ4v) is 4.63. The van der Waals surface area contributed by atoms with Crippen molar-refractivity contribution in [3.8, 4) is 0 Å². The lowest BCUT2D eigenvalue weighted by Gasteiger charge is -2.26. The Hall–Kier alpha value is -3.33.